The minimum Gasteiger partial charge on any atom is -0.443 e. The third-order valence-electron chi connectivity index (χ3n) is 3.23. The maximum absolute atomic E-state index is 12.0. The molecule has 0 saturated carbocycles. The monoisotopic (exact) mass is 346 g/mol. The molecular weight excluding hydrogens is 324 g/mol. The Morgan fingerprint density at radius 2 is 1.88 bits per heavy atom. The summed E-state index contributed by atoms with van der Waals surface area (Å²) in [7, 11) is 1.65. The Kier molecular flexibility index (Phi) is 5.74. The number of hydrogen-bond acceptors (Lipinski definition) is 6. The number of carbonyl (C=O) groups is 2. The van der Waals surface area contributed by atoms with E-state index in [1.165, 1.54) is 11.1 Å². The number of amides is 1. The van der Waals surface area contributed by atoms with Crippen LogP contribution in [0.3, 0.4) is 0 Å². The second-order valence-corrected chi connectivity index (χ2v) is 6.64. The number of hydrogen-bond donors (Lipinski definition) is 0. The van der Waals surface area contributed by atoms with Crippen molar-refractivity contribution in [3.05, 3.63) is 47.8 Å². The molecule has 0 unspecified atom stereocenters. The molecule has 134 valence electrons. The molecule has 25 heavy (non-hydrogen) atoms. The number of nitrogens with zero attached hydrogens (tertiary/aromatic N) is 4. The van der Waals surface area contributed by atoms with Gasteiger partial charge in [-0.2, -0.15) is 0 Å². The lowest BCUT2D eigenvalue weighted by Crippen LogP contribution is -2.31. The molecule has 0 N–H and O–H groups in total. The Morgan fingerprint density at radius 3 is 2.52 bits per heavy atom. The van der Waals surface area contributed by atoms with Crippen LogP contribution in [0.1, 0.15) is 32.0 Å². The normalized spacial score (nSPS) is 11.0. The fourth-order valence-electron chi connectivity index (χ4n) is 1.78. The molecule has 1 amide bonds. The van der Waals surface area contributed by atoms with Gasteiger partial charge in [0.2, 0.25) is 0 Å². The van der Waals surface area contributed by atoms with Crippen LogP contribution in [0.2, 0.25) is 0 Å². The van der Waals surface area contributed by atoms with Crippen LogP contribution in [0.25, 0.3) is 0 Å². The molecule has 0 atom stereocenters. The van der Waals surface area contributed by atoms with E-state index in [-0.39, 0.29) is 6.61 Å². The van der Waals surface area contributed by atoms with Gasteiger partial charge in [0.15, 0.2) is 0 Å². The summed E-state index contributed by atoms with van der Waals surface area (Å²) in [4.78, 5) is 31.2. The van der Waals surface area contributed by atoms with Crippen LogP contribution in [-0.2, 0) is 22.7 Å². The van der Waals surface area contributed by atoms with E-state index in [0.717, 1.165) is 10.4 Å². The molecule has 0 aliphatic heterocycles. The average molecular weight is 346 g/mol. The molecule has 0 fully saturated rings. The number of benzene rings is 1. The van der Waals surface area contributed by atoms with Crippen LogP contribution in [0.15, 0.2) is 36.5 Å². The van der Waals surface area contributed by atoms with Gasteiger partial charge in [-0.3, -0.25) is 0 Å². The molecule has 1 aromatic carbocycles. The fourth-order valence-corrected chi connectivity index (χ4v) is 1.78. The topological polar surface area (TPSA) is 86.5 Å². The third kappa shape index (κ3) is 5.59. The zero-order valence-electron chi connectivity index (χ0n) is 14.8. The molecule has 0 saturated heterocycles. The lowest BCUT2D eigenvalue weighted by Gasteiger charge is -2.16. The Morgan fingerprint density at radius 1 is 1.20 bits per heavy atom. The maximum atomic E-state index is 12.0. The molecule has 0 aliphatic carbocycles. The quantitative estimate of drug-likeness (QED) is 0.770. The van der Waals surface area contributed by atoms with Gasteiger partial charge in [-0.1, -0.05) is 35.2 Å². The molecule has 2 rings (SSSR count). The molecule has 0 aliphatic rings. The first-order chi connectivity index (χ1) is 11.8. The first kappa shape index (κ1) is 18.4. The molecule has 2 aromatic rings. The highest BCUT2D eigenvalue weighted by Gasteiger charge is 2.24. The molecule has 0 radical (unpaired) electrons. The minimum atomic E-state index is -0.654. The third-order valence-corrected chi connectivity index (χ3v) is 3.23. The molecule has 1 aromatic heterocycles. The predicted molar refractivity (Wildman–Crippen MR) is 89.2 cm³/mol. The van der Waals surface area contributed by atoms with Crippen molar-refractivity contribution in [2.45, 2.75) is 33.9 Å². The van der Waals surface area contributed by atoms with Crippen LogP contribution in [-0.4, -0.2) is 39.2 Å². The van der Waals surface area contributed by atoms with Crippen LogP contribution in [0, 0.1) is 5.41 Å². The van der Waals surface area contributed by atoms with E-state index in [1.54, 1.807) is 27.8 Å². The summed E-state index contributed by atoms with van der Waals surface area (Å²) in [5, 5.41) is 7.49. The smallest absolute Gasteiger partial charge is 0.410 e. The van der Waals surface area contributed by atoms with Crippen molar-refractivity contribution in [3.63, 3.8) is 0 Å². The van der Waals surface area contributed by atoms with Crippen molar-refractivity contribution in [2.24, 2.45) is 5.41 Å². The summed E-state index contributed by atoms with van der Waals surface area (Å²) in [6, 6.07) is 9.59. The number of rotatable bonds is 5. The fraction of sp³-hybridized carbons (Fsp3) is 0.412. The lowest BCUT2D eigenvalue weighted by atomic mass is 9.98. The number of aromatic nitrogens is 3. The highest BCUT2D eigenvalue weighted by atomic mass is 16.7. The molecule has 0 bridgehead atoms. The van der Waals surface area contributed by atoms with E-state index in [9.17, 15) is 9.59 Å². The number of ether oxygens (including phenoxy) is 1. The van der Waals surface area contributed by atoms with E-state index >= 15 is 0 Å². The molecular formula is C17H22N4O4. The van der Waals surface area contributed by atoms with Gasteiger partial charge in [0.1, 0.15) is 12.3 Å². The van der Waals surface area contributed by atoms with Crippen molar-refractivity contribution in [1.82, 2.24) is 20.1 Å². The predicted octanol–water partition coefficient (Wildman–Crippen LogP) is 2.05. The Balaban J connectivity index is 1.83. The van der Waals surface area contributed by atoms with E-state index in [4.69, 9.17) is 9.57 Å². The SMILES string of the molecule is CN(Cc1ccccc1)C(=O)OCc1cn(OC(=O)C(C)(C)C)nn1. The standard InChI is InChI=1S/C17H22N4O4/c1-17(2,3)15(22)25-21-11-14(18-19-21)12-24-16(23)20(4)10-13-8-6-5-7-9-13/h5-9,11H,10,12H2,1-4H3. The van der Waals surface area contributed by atoms with E-state index in [2.05, 4.69) is 10.3 Å². The van der Waals surface area contributed by atoms with Crippen LogP contribution < -0.4 is 4.84 Å². The largest absolute Gasteiger partial charge is 0.443 e. The van der Waals surface area contributed by atoms with E-state index < -0.39 is 17.5 Å². The highest BCUT2D eigenvalue weighted by molar-refractivity contribution is 5.75. The zero-order valence-corrected chi connectivity index (χ0v) is 14.8. The van der Waals surface area contributed by atoms with Gasteiger partial charge in [0.25, 0.3) is 0 Å². The summed E-state index contributed by atoms with van der Waals surface area (Å²) in [5.74, 6) is -0.441. The van der Waals surface area contributed by atoms with E-state index in [1.807, 2.05) is 30.3 Å². The second kappa shape index (κ2) is 7.78. The summed E-state index contributed by atoms with van der Waals surface area (Å²) in [6.07, 6.45) is 0.916. The van der Waals surface area contributed by atoms with Crippen molar-refractivity contribution < 1.29 is 19.2 Å². The Hall–Kier alpha value is -2.90. The number of carbonyl (C=O) groups excluding carboxylic acids is 2. The first-order valence-corrected chi connectivity index (χ1v) is 7.81. The van der Waals surface area contributed by atoms with Crippen molar-refractivity contribution in [1.29, 1.82) is 0 Å². The van der Waals surface area contributed by atoms with Gasteiger partial charge >= 0.3 is 12.1 Å². The minimum absolute atomic E-state index is 0.0645. The zero-order chi connectivity index (χ0) is 18.4. The van der Waals surface area contributed by atoms with Crippen molar-refractivity contribution in [3.8, 4) is 0 Å². The second-order valence-electron chi connectivity index (χ2n) is 6.64. The van der Waals surface area contributed by atoms with Gasteiger partial charge in [0.05, 0.1) is 11.6 Å². The summed E-state index contributed by atoms with van der Waals surface area (Å²) in [5.41, 5.74) is 0.726. The first-order valence-electron chi connectivity index (χ1n) is 7.81. The van der Waals surface area contributed by atoms with Gasteiger partial charge in [0, 0.05) is 13.6 Å². The van der Waals surface area contributed by atoms with Crippen LogP contribution in [0.4, 0.5) is 4.79 Å². The van der Waals surface area contributed by atoms with E-state index in [0.29, 0.717) is 12.2 Å². The molecule has 0 spiro atoms. The Bertz CT molecular complexity index is 722. The van der Waals surface area contributed by atoms with Gasteiger partial charge in [-0.15, -0.1) is 5.10 Å². The van der Waals surface area contributed by atoms with Crippen molar-refractivity contribution in [2.75, 3.05) is 7.05 Å². The summed E-state index contributed by atoms with van der Waals surface area (Å²) in [6.45, 7) is 5.58. The molecule has 8 nitrogen and oxygen atoms in total. The van der Waals surface area contributed by atoms with Gasteiger partial charge in [-0.25, -0.2) is 9.59 Å². The summed E-state index contributed by atoms with van der Waals surface area (Å²) >= 11 is 0. The Labute approximate surface area is 146 Å². The van der Waals surface area contributed by atoms with Crippen LogP contribution >= 0.6 is 0 Å². The molecule has 8 heteroatoms. The lowest BCUT2D eigenvalue weighted by molar-refractivity contribution is -0.155. The summed E-state index contributed by atoms with van der Waals surface area (Å²) < 4.78 is 5.18. The molecule has 1 heterocycles. The van der Waals surface area contributed by atoms with Gasteiger partial charge in [-0.05, 0) is 31.5 Å². The highest BCUT2D eigenvalue weighted by Crippen LogP contribution is 2.13. The average Bonchev–Trinajstić information content (AvgIpc) is 3.00. The van der Waals surface area contributed by atoms with Crippen LogP contribution in [0.5, 0.6) is 0 Å². The maximum Gasteiger partial charge on any atom is 0.410 e. The van der Waals surface area contributed by atoms with Crippen molar-refractivity contribution >= 4 is 12.1 Å². The van der Waals surface area contributed by atoms with Gasteiger partial charge < -0.3 is 14.5 Å².